The van der Waals surface area contributed by atoms with Gasteiger partial charge in [0, 0.05) is 6.42 Å². The lowest BCUT2D eigenvalue weighted by molar-refractivity contribution is 0.0932. The number of hydrogen-bond donors (Lipinski definition) is 0. The fourth-order valence-corrected chi connectivity index (χ4v) is 2.56. The average molecular weight is 202 g/mol. The van der Waals surface area contributed by atoms with Gasteiger partial charge in [0.05, 0.1) is 12.2 Å². The van der Waals surface area contributed by atoms with Crippen molar-refractivity contribution in [3.05, 3.63) is 28.8 Å². The monoisotopic (exact) mass is 202 g/mol. The Balaban J connectivity index is 2.17. The molecule has 78 valence electrons. The SMILES string of the molecule is O=C1CCOc2c1ccc1c2CCCC1. The summed E-state index contributed by atoms with van der Waals surface area (Å²) in [6.45, 7) is 0.558. The zero-order chi connectivity index (χ0) is 10.3. The van der Waals surface area contributed by atoms with Crippen molar-refractivity contribution in [2.24, 2.45) is 0 Å². The Morgan fingerprint density at radius 1 is 1.07 bits per heavy atom. The van der Waals surface area contributed by atoms with Crippen molar-refractivity contribution in [2.75, 3.05) is 6.61 Å². The van der Waals surface area contributed by atoms with Crippen molar-refractivity contribution >= 4 is 5.78 Å². The van der Waals surface area contributed by atoms with E-state index in [4.69, 9.17) is 4.74 Å². The number of Topliss-reactive ketones (excluding diaryl/α,β-unsaturated/α-hetero) is 1. The Kier molecular flexibility index (Phi) is 2.01. The zero-order valence-corrected chi connectivity index (χ0v) is 8.71. The number of benzene rings is 1. The van der Waals surface area contributed by atoms with Crippen LogP contribution < -0.4 is 4.74 Å². The zero-order valence-electron chi connectivity index (χ0n) is 8.71. The van der Waals surface area contributed by atoms with Gasteiger partial charge in [-0.25, -0.2) is 0 Å². The van der Waals surface area contributed by atoms with Crippen molar-refractivity contribution in [2.45, 2.75) is 32.1 Å². The fourth-order valence-electron chi connectivity index (χ4n) is 2.56. The molecular formula is C13H14O2. The van der Waals surface area contributed by atoms with E-state index in [1.807, 2.05) is 6.07 Å². The third-order valence-electron chi connectivity index (χ3n) is 3.36. The van der Waals surface area contributed by atoms with Crippen LogP contribution in [-0.2, 0) is 12.8 Å². The van der Waals surface area contributed by atoms with Crippen LogP contribution in [-0.4, -0.2) is 12.4 Å². The van der Waals surface area contributed by atoms with Crippen molar-refractivity contribution in [3.63, 3.8) is 0 Å². The lowest BCUT2D eigenvalue weighted by Gasteiger charge is -2.24. The Morgan fingerprint density at radius 2 is 1.93 bits per heavy atom. The summed E-state index contributed by atoms with van der Waals surface area (Å²) in [7, 11) is 0. The molecule has 2 nitrogen and oxygen atoms in total. The minimum Gasteiger partial charge on any atom is -0.492 e. The number of fused-ring (bicyclic) bond motifs is 3. The molecule has 0 unspecified atom stereocenters. The van der Waals surface area contributed by atoms with Crippen LogP contribution in [0.3, 0.4) is 0 Å². The standard InChI is InChI=1S/C13H14O2/c14-12-7-8-15-13-10-4-2-1-3-9(10)5-6-11(12)13/h5-6H,1-4,7-8H2. The highest BCUT2D eigenvalue weighted by Gasteiger charge is 2.24. The molecule has 0 spiro atoms. The molecule has 2 heteroatoms. The predicted molar refractivity (Wildman–Crippen MR) is 57.5 cm³/mol. The van der Waals surface area contributed by atoms with Gasteiger partial charge in [-0.05, 0) is 42.9 Å². The molecule has 0 atom stereocenters. The van der Waals surface area contributed by atoms with E-state index in [1.54, 1.807) is 0 Å². The van der Waals surface area contributed by atoms with Gasteiger partial charge >= 0.3 is 0 Å². The van der Waals surface area contributed by atoms with Gasteiger partial charge in [-0.15, -0.1) is 0 Å². The minimum atomic E-state index is 0.240. The van der Waals surface area contributed by atoms with Gasteiger partial charge in [-0.1, -0.05) is 6.07 Å². The highest BCUT2D eigenvalue weighted by Crippen LogP contribution is 2.35. The Labute approximate surface area is 89.2 Å². The highest BCUT2D eigenvalue weighted by molar-refractivity contribution is 6.00. The molecule has 3 rings (SSSR count). The number of ketones is 1. The van der Waals surface area contributed by atoms with Gasteiger partial charge in [0.25, 0.3) is 0 Å². The second-order valence-corrected chi connectivity index (χ2v) is 4.31. The maximum Gasteiger partial charge on any atom is 0.170 e. The third-order valence-corrected chi connectivity index (χ3v) is 3.36. The largest absolute Gasteiger partial charge is 0.492 e. The number of aryl methyl sites for hydroxylation is 1. The van der Waals surface area contributed by atoms with Crippen LogP contribution in [0.5, 0.6) is 5.75 Å². The molecule has 0 fully saturated rings. The molecule has 1 aliphatic heterocycles. The molecule has 0 radical (unpaired) electrons. The summed E-state index contributed by atoms with van der Waals surface area (Å²) in [5.74, 6) is 1.13. The third kappa shape index (κ3) is 1.36. The van der Waals surface area contributed by atoms with E-state index < -0.39 is 0 Å². The number of carbonyl (C=O) groups is 1. The minimum absolute atomic E-state index is 0.240. The Morgan fingerprint density at radius 3 is 2.87 bits per heavy atom. The molecule has 1 heterocycles. The molecule has 15 heavy (non-hydrogen) atoms. The number of carbonyl (C=O) groups excluding carboxylic acids is 1. The van der Waals surface area contributed by atoms with Crippen LogP contribution in [0.15, 0.2) is 12.1 Å². The van der Waals surface area contributed by atoms with Crippen molar-refractivity contribution in [1.82, 2.24) is 0 Å². The van der Waals surface area contributed by atoms with Gasteiger partial charge in [-0.2, -0.15) is 0 Å². The topological polar surface area (TPSA) is 26.3 Å². The summed E-state index contributed by atoms with van der Waals surface area (Å²) in [5.41, 5.74) is 3.49. The number of hydrogen-bond acceptors (Lipinski definition) is 2. The van der Waals surface area contributed by atoms with Gasteiger partial charge in [0.15, 0.2) is 5.78 Å². The molecule has 0 bridgehead atoms. The highest BCUT2D eigenvalue weighted by atomic mass is 16.5. The second-order valence-electron chi connectivity index (χ2n) is 4.31. The lowest BCUT2D eigenvalue weighted by Crippen LogP contribution is -2.18. The van der Waals surface area contributed by atoms with Gasteiger partial charge in [0.2, 0.25) is 0 Å². The summed E-state index contributed by atoms with van der Waals surface area (Å²) in [6.07, 6.45) is 5.23. The van der Waals surface area contributed by atoms with Crippen LogP contribution in [0, 0.1) is 0 Å². The predicted octanol–water partition coefficient (Wildman–Crippen LogP) is 2.53. The Hall–Kier alpha value is -1.31. The van der Waals surface area contributed by atoms with E-state index in [0.29, 0.717) is 13.0 Å². The van der Waals surface area contributed by atoms with Crippen LogP contribution >= 0.6 is 0 Å². The van der Waals surface area contributed by atoms with Crippen LogP contribution in [0.1, 0.15) is 40.7 Å². The van der Waals surface area contributed by atoms with Crippen molar-refractivity contribution in [1.29, 1.82) is 0 Å². The maximum atomic E-state index is 11.7. The molecule has 0 N–H and O–H groups in total. The smallest absolute Gasteiger partial charge is 0.170 e. The molecule has 0 amide bonds. The van der Waals surface area contributed by atoms with E-state index in [9.17, 15) is 4.79 Å². The van der Waals surface area contributed by atoms with Crippen LogP contribution in [0.2, 0.25) is 0 Å². The molecule has 0 aromatic heterocycles. The maximum absolute atomic E-state index is 11.7. The summed E-state index contributed by atoms with van der Waals surface area (Å²) < 4.78 is 5.67. The van der Waals surface area contributed by atoms with Gasteiger partial charge in [-0.3, -0.25) is 4.79 Å². The number of rotatable bonds is 0. The summed E-state index contributed by atoms with van der Waals surface area (Å²) in [4.78, 5) is 11.7. The molecule has 1 aliphatic carbocycles. The molecule has 2 aliphatic rings. The second kappa shape index (κ2) is 3.37. The van der Waals surface area contributed by atoms with Crippen molar-refractivity contribution in [3.8, 4) is 5.75 Å². The van der Waals surface area contributed by atoms with Gasteiger partial charge in [0.1, 0.15) is 5.75 Å². The molecule has 0 saturated heterocycles. The average Bonchev–Trinajstić information content (AvgIpc) is 2.29. The molecule has 1 aromatic rings. The first-order chi connectivity index (χ1) is 7.36. The van der Waals surface area contributed by atoms with E-state index >= 15 is 0 Å². The van der Waals surface area contributed by atoms with Gasteiger partial charge < -0.3 is 4.74 Å². The van der Waals surface area contributed by atoms with Crippen molar-refractivity contribution < 1.29 is 9.53 Å². The molecule has 1 aromatic carbocycles. The summed E-state index contributed by atoms with van der Waals surface area (Å²) in [6, 6.07) is 4.06. The fraction of sp³-hybridized carbons (Fsp3) is 0.462. The quantitative estimate of drug-likeness (QED) is 0.646. The van der Waals surface area contributed by atoms with E-state index in [0.717, 1.165) is 24.2 Å². The lowest BCUT2D eigenvalue weighted by atomic mass is 9.87. The Bertz CT molecular complexity index is 421. The molecular weight excluding hydrogens is 188 g/mol. The van der Waals surface area contributed by atoms with E-state index in [1.165, 1.54) is 24.0 Å². The first-order valence-electron chi connectivity index (χ1n) is 5.67. The van der Waals surface area contributed by atoms with Crippen LogP contribution in [0.25, 0.3) is 0 Å². The normalized spacial score (nSPS) is 19.1. The van der Waals surface area contributed by atoms with E-state index in [2.05, 4.69) is 6.07 Å². The first-order valence-corrected chi connectivity index (χ1v) is 5.67. The molecule has 0 saturated carbocycles. The summed E-state index contributed by atoms with van der Waals surface area (Å²) in [5, 5.41) is 0. The number of ether oxygens (including phenoxy) is 1. The van der Waals surface area contributed by atoms with Crippen LogP contribution in [0.4, 0.5) is 0 Å². The first kappa shape index (κ1) is 8.96. The summed E-state index contributed by atoms with van der Waals surface area (Å²) >= 11 is 0. The van der Waals surface area contributed by atoms with E-state index in [-0.39, 0.29) is 5.78 Å².